The molecular weight excluding hydrogens is 414 g/mol. The van der Waals surface area contributed by atoms with Crippen molar-refractivity contribution in [1.29, 1.82) is 0 Å². The van der Waals surface area contributed by atoms with Gasteiger partial charge in [0.15, 0.2) is 6.29 Å². The fourth-order valence-electron chi connectivity index (χ4n) is 2.75. The number of nitrogens with one attached hydrogen (secondary N) is 1. The van der Waals surface area contributed by atoms with E-state index in [-0.39, 0.29) is 5.70 Å². The highest BCUT2D eigenvalue weighted by Gasteiger charge is 2.27. The minimum Gasteiger partial charge on any atom is -0.461 e. The van der Waals surface area contributed by atoms with E-state index in [1.807, 2.05) is 30.3 Å². The van der Waals surface area contributed by atoms with Crippen LogP contribution < -0.4 is 5.32 Å². The highest BCUT2D eigenvalue weighted by molar-refractivity contribution is 6.76. The Balaban J connectivity index is 2.12. The van der Waals surface area contributed by atoms with Crippen molar-refractivity contribution in [2.24, 2.45) is 0 Å². The predicted octanol–water partition coefficient (Wildman–Crippen LogP) is 4.78. The van der Waals surface area contributed by atoms with Gasteiger partial charge in [-0.3, -0.25) is 5.32 Å². The molecule has 0 spiro atoms. The van der Waals surface area contributed by atoms with Gasteiger partial charge in [-0.1, -0.05) is 50.0 Å². The molecule has 1 heterocycles. The molecule has 1 aromatic carbocycles. The highest BCUT2D eigenvalue weighted by Crippen LogP contribution is 2.27. The van der Waals surface area contributed by atoms with E-state index in [0.29, 0.717) is 19.6 Å². The fourth-order valence-corrected chi connectivity index (χ4v) is 3.47. The van der Waals surface area contributed by atoms with Gasteiger partial charge in [-0.25, -0.2) is 9.59 Å². The second kappa shape index (κ2) is 10.9. The number of benzene rings is 1. The minimum atomic E-state index is -1.36. The normalized spacial score (nSPS) is 20.1. The summed E-state index contributed by atoms with van der Waals surface area (Å²) in [4.78, 5) is 25.0. The summed E-state index contributed by atoms with van der Waals surface area (Å²) in [6.07, 6.45) is 0.451. The van der Waals surface area contributed by atoms with Gasteiger partial charge < -0.3 is 18.9 Å². The van der Waals surface area contributed by atoms with Crippen LogP contribution in [0.1, 0.15) is 39.0 Å². The first kappa shape index (κ1) is 25.1. The molecule has 1 aliphatic heterocycles. The molecule has 1 saturated heterocycles. The molecule has 2 unspecified atom stereocenters. The van der Waals surface area contributed by atoms with Crippen molar-refractivity contribution in [3.63, 3.8) is 0 Å². The zero-order valence-electron chi connectivity index (χ0n) is 19.4. The molecule has 172 valence electrons. The molecule has 31 heavy (non-hydrogen) atoms. The van der Waals surface area contributed by atoms with Crippen LogP contribution in [0.2, 0.25) is 25.7 Å². The maximum Gasteiger partial charge on any atom is 0.412 e. The fraction of sp³-hybridized carbons (Fsp3) is 0.565. The Morgan fingerprint density at radius 2 is 1.87 bits per heavy atom. The monoisotopic (exact) mass is 449 g/mol. The van der Waals surface area contributed by atoms with E-state index in [2.05, 4.69) is 25.0 Å². The maximum atomic E-state index is 12.7. The van der Waals surface area contributed by atoms with E-state index in [1.165, 1.54) is 0 Å². The first-order valence-electron chi connectivity index (χ1n) is 10.6. The third-order valence-electron chi connectivity index (χ3n) is 4.34. The summed E-state index contributed by atoms with van der Waals surface area (Å²) in [5.41, 5.74) is 0.216. The molecule has 7 nitrogen and oxygen atoms in total. The lowest BCUT2D eigenvalue weighted by Gasteiger charge is -2.29. The van der Waals surface area contributed by atoms with Crippen LogP contribution in [0.3, 0.4) is 0 Å². The SMILES string of the molecule is CC(C)(C)OC(=O)N/C(=C\C1CCOC(c2ccccc2)O1)C(=O)OCC[Si](C)(C)C. The number of esters is 1. The minimum absolute atomic E-state index is 0.0172. The zero-order chi connectivity index (χ0) is 23.1. The van der Waals surface area contributed by atoms with Crippen molar-refractivity contribution in [3.8, 4) is 0 Å². The van der Waals surface area contributed by atoms with Crippen molar-refractivity contribution < 1.29 is 28.5 Å². The lowest BCUT2D eigenvalue weighted by molar-refractivity contribution is -0.205. The summed E-state index contributed by atoms with van der Waals surface area (Å²) in [6, 6.07) is 10.4. The molecular formula is C23H35NO6Si. The first-order valence-corrected chi connectivity index (χ1v) is 14.3. The zero-order valence-corrected chi connectivity index (χ0v) is 20.4. The first-order chi connectivity index (χ1) is 14.4. The number of ether oxygens (including phenoxy) is 4. The Labute approximate surface area is 186 Å². The molecule has 1 amide bonds. The molecule has 1 aromatic rings. The second-order valence-corrected chi connectivity index (χ2v) is 15.4. The molecule has 0 bridgehead atoms. The van der Waals surface area contributed by atoms with Gasteiger partial charge in [0.25, 0.3) is 0 Å². The van der Waals surface area contributed by atoms with Crippen molar-refractivity contribution in [2.45, 2.75) is 70.9 Å². The number of rotatable bonds is 7. The number of hydrogen-bond donors (Lipinski definition) is 1. The lowest BCUT2D eigenvalue weighted by Crippen LogP contribution is -2.36. The Morgan fingerprint density at radius 3 is 2.48 bits per heavy atom. The summed E-state index contributed by atoms with van der Waals surface area (Å²) >= 11 is 0. The van der Waals surface area contributed by atoms with Gasteiger partial charge in [0, 0.05) is 20.1 Å². The van der Waals surface area contributed by atoms with Crippen LogP contribution in [-0.2, 0) is 23.7 Å². The number of carbonyl (C=O) groups excluding carboxylic acids is 2. The largest absolute Gasteiger partial charge is 0.461 e. The molecule has 0 saturated carbocycles. The quantitative estimate of drug-likeness (QED) is 0.366. The van der Waals surface area contributed by atoms with Crippen molar-refractivity contribution in [2.75, 3.05) is 13.2 Å². The molecule has 2 atom stereocenters. The van der Waals surface area contributed by atoms with Gasteiger partial charge in [0.05, 0.1) is 19.3 Å². The summed E-state index contributed by atoms with van der Waals surface area (Å²) in [6.45, 7) is 12.7. The van der Waals surface area contributed by atoms with Crippen LogP contribution in [-0.4, -0.2) is 45.1 Å². The molecule has 0 radical (unpaired) electrons. The number of carbonyl (C=O) groups is 2. The smallest absolute Gasteiger partial charge is 0.412 e. The molecule has 8 heteroatoms. The average Bonchev–Trinajstić information content (AvgIpc) is 2.66. The average molecular weight is 450 g/mol. The van der Waals surface area contributed by atoms with Gasteiger partial charge in [-0.2, -0.15) is 0 Å². The number of amides is 1. The Kier molecular flexibility index (Phi) is 8.85. The summed E-state index contributed by atoms with van der Waals surface area (Å²) in [5, 5.41) is 2.54. The molecule has 0 aromatic heterocycles. The highest BCUT2D eigenvalue weighted by atomic mass is 28.3. The van der Waals surface area contributed by atoms with E-state index in [4.69, 9.17) is 18.9 Å². The van der Waals surface area contributed by atoms with E-state index in [1.54, 1.807) is 26.8 Å². The van der Waals surface area contributed by atoms with Crippen molar-refractivity contribution in [3.05, 3.63) is 47.7 Å². The van der Waals surface area contributed by atoms with Crippen LogP contribution >= 0.6 is 0 Å². The van der Waals surface area contributed by atoms with Gasteiger partial charge in [0.1, 0.15) is 11.3 Å². The lowest BCUT2D eigenvalue weighted by atomic mass is 10.1. The van der Waals surface area contributed by atoms with Crippen LogP contribution in [0, 0.1) is 0 Å². The molecule has 0 aliphatic carbocycles. The predicted molar refractivity (Wildman–Crippen MR) is 121 cm³/mol. The summed E-state index contributed by atoms with van der Waals surface area (Å²) in [7, 11) is -1.36. The van der Waals surface area contributed by atoms with Crippen molar-refractivity contribution >= 4 is 20.1 Å². The second-order valence-electron chi connectivity index (χ2n) is 9.73. The summed E-state index contributed by atoms with van der Waals surface area (Å²) < 4.78 is 22.4. The van der Waals surface area contributed by atoms with Crippen LogP contribution in [0.5, 0.6) is 0 Å². The van der Waals surface area contributed by atoms with E-state index >= 15 is 0 Å². The third-order valence-corrected chi connectivity index (χ3v) is 6.04. The molecule has 1 fully saturated rings. The standard InChI is InChI=1S/C23H35NO6Si/c1-23(2,3)30-22(26)24-19(20(25)27-14-15-31(4,5)6)16-18-12-13-28-21(29-18)17-10-8-7-9-11-17/h7-11,16,18,21H,12-15H2,1-6H3,(H,24,26)/b19-16-. The molecule has 1 aliphatic rings. The van der Waals surface area contributed by atoms with Gasteiger partial charge in [0.2, 0.25) is 0 Å². The van der Waals surface area contributed by atoms with E-state index in [9.17, 15) is 9.59 Å². The third kappa shape index (κ3) is 9.67. The Morgan fingerprint density at radius 1 is 1.19 bits per heavy atom. The van der Waals surface area contributed by atoms with Crippen LogP contribution in [0.4, 0.5) is 4.79 Å². The Hall–Kier alpha value is -2.16. The van der Waals surface area contributed by atoms with Crippen LogP contribution in [0.15, 0.2) is 42.1 Å². The van der Waals surface area contributed by atoms with Gasteiger partial charge in [-0.05, 0) is 32.9 Å². The van der Waals surface area contributed by atoms with Crippen LogP contribution in [0.25, 0.3) is 0 Å². The van der Waals surface area contributed by atoms with Gasteiger partial charge >= 0.3 is 12.1 Å². The van der Waals surface area contributed by atoms with Crippen molar-refractivity contribution in [1.82, 2.24) is 5.32 Å². The van der Waals surface area contributed by atoms with E-state index < -0.39 is 38.1 Å². The Bertz CT molecular complexity index is 767. The number of hydrogen-bond acceptors (Lipinski definition) is 6. The van der Waals surface area contributed by atoms with E-state index in [0.717, 1.165) is 11.6 Å². The topological polar surface area (TPSA) is 83.1 Å². The maximum absolute atomic E-state index is 12.7. The molecule has 1 N–H and O–H groups in total. The molecule has 2 rings (SSSR count). The van der Waals surface area contributed by atoms with Gasteiger partial charge in [-0.15, -0.1) is 0 Å². The summed E-state index contributed by atoms with van der Waals surface area (Å²) in [5.74, 6) is -0.601. The number of alkyl carbamates (subject to hydrolysis) is 1.